The molecule has 0 aliphatic heterocycles. The first-order valence-electron chi connectivity index (χ1n) is 6.64. The molecule has 19 heavy (non-hydrogen) atoms. The molecule has 1 heterocycles. The largest absolute Gasteiger partial charge is 0.478 e. The Morgan fingerprint density at radius 3 is 2.74 bits per heavy atom. The maximum atomic E-state index is 11.4. The summed E-state index contributed by atoms with van der Waals surface area (Å²) in [5, 5.41) is 10.4. The molecule has 0 saturated heterocycles. The maximum absolute atomic E-state index is 11.4. The van der Waals surface area contributed by atoms with E-state index >= 15 is 0 Å². The zero-order valence-electron chi connectivity index (χ0n) is 11.4. The number of aryl methyl sites for hydroxylation is 3. The molecule has 2 rings (SSSR count). The summed E-state index contributed by atoms with van der Waals surface area (Å²) in [7, 11) is 0. The molecule has 0 amide bonds. The third-order valence-corrected chi connectivity index (χ3v) is 3.42. The van der Waals surface area contributed by atoms with Crippen LogP contribution in [0.2, 0.25) is 0 Å². The SMILES string of the molecule is CCn1cc(CCCN)c2cc(C)cc(C(=O)O)c21. The average molecular weight is 260 g/mol. The fourth-order valence-electron chi connectivity index (χ4n) is 2.56. The van der Waals surface area contributed by atoms with Crippen molar-refractivity contribution < 1.29 is 9.90 Å². The van der Waals surface area contributed by atoms with Crippen molar-refractivity contribution in [2.75, 3.05) is 6.54 Å². The van der Waals surface area contributed by atoms with Crippen molar-refractivity contribution in [3.05, 3.63) is 35.0 Å². The molecule has 4 heteroatoms. The van der Waals surface area contributed by atoms with Gasteiger partial charge in [0.2, 0.25) is 0 Å². The van der Waals surface area contributed by atoms with Gasteiger partial charge in [0.05, 0.1) is 11.1 Å². The number of aromatic nitrogens is 1. The first-order valence-corrected chi connectivity index (χ1v) is 6.64. The highest BCUT2D eigenvalue weighted by Gasteiger charge is 2.16. The van der Waals surface area contributed by atoms with Gasteiger partial charge in [0.25, 0.3) is 0 Å². The van der Waals surface area contributed by atoms with Gasteiger partial charge < -0.3 is 15.4 Å². The standard InChI is InChI=1S/C15H20N2O2/c1-3-17-9-11(5-4-6-16)12-7-10(2)8-13(14(12)17)15(18)19/h7-9H,3-6,16H2,1-2H3,(H,18,19). The van der Waals surface area contributed by atoms with Crippen LogP contribution in [0.3, 0.4) is 0 Å². The van der Waals surface area contributed by atoms with Crippen LogP contribution in [0.15, 0.2) is 18.3 Å². The molecule has 0 aliphatic carbocycles. The average Bonchev–Trinajstić information content (AvgIpc) is 2.73. The Morgan fingerprint density at radius 1 is 1.42 bits per heavy atom. The maximum Gasteiger partial charge on any atom is 0.337 e. The lowest BCUT2D eigenvalue weighted by molar-refractivity contribution is 0.0698. The van der Waals surface area contributed by atoms with Crippen LogP contribution in [0.1, 0.15) is 34.8 Å². The van der Waals surface area contributed by atoms with Crippen molar-refractivity contribution in [1.82, 2.24) is 4.57 Å². The fourth-order valence-corrected chi connectivity index (χ4v) is 2.56. The Balaban J connectivity index is 2.70. The molecule has 0 unspecified atom stereocenters. The number of fused-ring (bicyclic) bond motifs is 1. The van der Waals surface area contributed by atoms with E-state index in [1.165, 1.54) is 5.56 Å². The van der Waals surface area contributed by atoms with Gasteiger partial charge in [-0.2, -0.15) is 0 Å². The summed E-state index contributed by atoms with van der Waals surface area (Å²) in [5.41, 5.74) is 8.95. The van der Waals surface area contributed by atoms with Gasteiger partial charge in [-0.1, -0.05) is 0 Å². The number of hydrogen-bond donors (Lipinski definition) is 2. The lowest BCUT2D eigenvalue weighted by Crippen LogP contribution is -2.02. The number of carboxylic acid groups (broad SMARTS) is 1. The number of carboxylic acids is 1. The van der Waals surface area contributed by atoms with E-state index in [1.54, 1.807) is 6.07 Å². The molecule has 102 valence electrons. The van der Waals surface area contributed by atoms with Gasteiger partial charge in [0.15, 0.2) is 0 Å². The minimum atomic E-state index is -0.869. The van der Waals surface area contributed by atoms with Crippen molar-refractivity contribution in [2.45, 2.75) is 33.2 Å². The van der Waals surface area contributed by atoms with Crippen molar-refractivity contribution in [1.29, 1.82) is 0 Å². The van der Waals surface area contributed by atoms with E-state index in [0.717, 1.165) is 35.9 Å². The molecule has 0 radical (unpaired) electrons. The highest BCUT2D eigenvalue weighted by Crippen LogP contribution is 2.27. The minimum Gasteiger partial charge on any atom is -0.478 e. The molecule has 1 aromatic carbocycles. The Labute approximate surface area is 112 Å². The zero-order chi connectivity index (χ0) is 14.0. The van der Waals surface area contributed by atoms with E-state index in [0.29, 0.717) is 12.1 Å². The predicted molar refractivity (Wildman–Crippen MR) is 76.7 cm³/mol. The molecular formula is C15H20N2O2. The Bertz CT molecular complexity index is 614. The second-order valence-electron chi connectivity index (χ2n) is 4.85. The van der Waals surface area contributed by atoms with Gasteiger partial charge in [-0.3, -0.25) is 0 Å². The van der Waals surface area contributed by atoms with E-state index in [4.69, 9.17) is 5.73 Å². The molecule has 1 aromatic heterocycles. The van der Waals surface area contributed by atoms with Crippen molar-refractivity contribution >= 4 is 16.9 Å². The van der Waals surface area contributed by atoms with Gasteiger partial charge in [-0.15, -0.1) is 0 Å². The Kier molecular flexibility index (Phi) is 3.90. The molecule has 2 aromatic rings. The van der Waals surface area contributed by atoms with Crippen LogP contribution in [-0.2, 0) is 13.0 Å². The summed E-state index contributed by atoms with van der Waals surface area (Å²) in [4.78, 5) is 11.4. The molecule has 0 fully saturated rings. The smallest absolute Gasteiger partial charge is 0.337 e. The molecule has 0 spiro atoms. The monoisotopic (exact) mass is 260 g/mol. The van der Waals surface area contributed by atoms with Gasteiger partial charge in [-0.05, 0) is 56.5 Å². The van der Waals surface area contributed by atoms with Crippen LogP contribution in [0.4, 0.5) is 0 Å². The van der Waals surface area contributed by atoms with E-state index in [2.05, 4.69) is 12.3 Å². The highest BCUT2D eigenvalue weighted by molar-refractivity contribution is 6.03. The van der Waals surface area contributed by atoms with Gasteiger partial charge >= 0.3 is 5.97 Å². The third-order valence-electron chi connectivity index (χ3n) is 3.42. The first-order chi connectivity index (χ1) is 9.08. The van der Waals surface area contributed by atoms with Gasteiger partial charge in [0, 0.05) is 18.1 Å². The summed E-state index contributed by atoms with van der Waals surface area (Å²) in [6.07, 6.45) is 3.87. The lowest BCUT2D eigenvalue weighted by atomic mass is 10.0. The minimum absolute atomic E-state index is 0.385. The summed E-state index contributed by atoms with van der Waals surface area (Å²) in [6.45, 7) is 5.37. The molecule has 4 nitrogen and oxygen atoms in total. The number of nitrogens with two attached hydrogens (primary N) is 1. The Morgan fingerprint density at radius 2 is 2.16 bits per heavy atom. The molecule has 0 bridgehead atoms. The molecule has 0 atom stereocenters. The zero-order valence-corrected chi connectivity index (χ0v) is 11.4. The van der Waals surface area contributed by atoms with Crippen molar-refractivity contribution in [2.24, 2.45) is 5.73 Å². The molecule has 3 N–H and O–H groups in total. The summed E-state index contributed by atoms with van der Waals surface area (Å²) in [5.74, 6) is -0.869. The number of aromatic carboxylic acids is 1. The third kappa shape index (κ3) is 2.49. The summed E-state index contributed by atoms with van der Waals surface area (Å²) < 4.78 is 2.02. The van der Waals surface area contributed by atoms with Crippen LogP contribution in [0.25, 0.3) is 10.9 Å². The van der Waals surface area contributed by atoms with Crippen LogP contribution in [0.5, 0.6) is 0 Å². The number of rotatable bonds is 5. The fraction of sp³-hybridized carbons (Fsp3) is 0.400. The van der Waals surface area contributed by atoms with Crippen LogP contribution in [-0.4, -0.2) is 22.2 Å². The quantitative estimate of drug-likeness (QED) is 0.868. The van der Waals surface area contributed by atoms with E-state index in [1.807, 2.05) is 18.4 Å². The number of hydrogen-bond acceptors (Lipinski definition) is 2. The van der Waals surface area contributed by atoms with Crippen LogP contribution < -0.4 is 5.73 Å². The number of benzene rings is 1. The molecule has 0 saturated carbocycles. The number of nitrogens with zero attached hydrogens (tertiary/aromatic N) is 1. The molecular weight excluding hydrogens is 240 g/mol. The lowest BCUT2D eigenvalue weighted by Gasteiger charge is -2.06. The molecule has 0 aliphatic rings. The second-order valence-corrected chi connectivity index (χ2v) is 4.85. The van der Waals surface area contributed by atoms with Crippen molar-refractivity contribution in [3.63, 3.8) is 0 Å². The normalized spacial score (nSPS) is 11.1. The van der Waals surface area contributed by atoms with Gasteiger partial charge in [-0.25, -0.2) is 4.79 Å². The second kappa shape index (κ2) is 5.45. The topological polar surface area (TPSA) is 68.2 Å². The van der Waals surface area contributed by atoms with E-state index in [-0.39, 0.29) is 0 Å². The van der Waals surface area contributed by atoms with Crippen molar-refractivity contribution in [3.8, 4) is 0 Å². The Hall–Kier alpha value is -1.81. The van der Waals surface area contributed by atoms with E-state index in [9.17, 15) is 9.90 Å². The number of carbonyl (C=O) groups is 1. The summed E-state index contributed by atoms with van der Waals surface area (Å²) in [6, 6.07) is 3.81. The van der Waals surface area contributed by atoms with E-state index < -0.39 is 5.97 Å². The van der Waals surface area contributed by atoms with Gasteiger partial charge in [0.1, 0.15) is 0 Å². The first kappa shape index (κ1) is 13.6. The van der Waals surface area contributed by atoms with Crippen LogP contribution >= 0.6 is 0 Å². The highest BCUT2D eigenvalue weighted by atomic mass is 16.4. The predicted octanol–water partition coefficient (Wildman–Crippen LogP) is 2.56. The van der Waals surface area contributed by atoms with Crippen LogP contribution in [0, 0.1) is 6.92 Å². The summed E-state index contributed by atoms with van der Waals surface area (Å²) >= 11 is 0.